The van der Waals surface area contributed by atoms with Gasteiger partial charge in [0.05, 0.1) is 10.5 Å². The summed E-state index contributed by atoms with van der Waals surface area (Å²) in [6, 6.07) is 13.5. The second-order valence-electron chi connectivity index (χ2n) is 4.90. The Hall–Kier alpha value is -2.87. The number of amides is 1. The van der Waals surface area contributed by atoms with Crippen LogP contribution in [-0.4, -0.2) is 36.0 Å². The first-order valence-corrected chi connectivity index (χ1v) is 8.39. The second-order valence-corrected chi connectivity index (χ2v) is 6.07. The van der Waals surface area contributed by atoms with E-state index in [1.54, 1.807) is 11.8 Å². The van der Waals surface area contributed by atoms with E-state index in [2.05, 4.69) is 5.32 Å². The first-order chi connectivity index (χ1) is 12.1. The van der Waals surface area contributed by atoms with Crippen LogP contribution in [0.25, 0.3) is 0 Å². The molecule has 8 heteroatoms. The van der Waals surface area contributed by atoms with Gasteiger partial charge in [-0.25, -0.2) is 0 Å². The second kappa shape index (κ2) is 9.43. The third-order valence-electron chi connectivity index (χ3n) is 3.13. The Kier molecular flexibility index (Phi) is 6.97. The Morgan fingerprint density at radius 1 is 1.24 bits per heavy atom. The summed E-state index contributed by atoms with van der Waals surface area (Å²) in [5.41, 5.74) is -0.182. The SMILES string of the molecule is O=Cc1cc([N+](=O)[O-])ccc1OCC(=O)NCCSc1ccccc1. The molecule has 0 aromatic heterocycles. The van der Waals surface area contributed by atoms with E-state index < -0.39 is 4.92 Å². The van der Waals surface area contributed by atoms with Crippen LogP contribution in [-0.2, 0) is 4.79 Å². The van der Waals surface area contributed by atoms with Crippen LogP contribution in [0, 0.1) is 10.1 Å². The Morgan fingerprint density at radius 3 is 2.68 bits per heavy atom. The average molecular weight is 360 g/mol. The van der Waals surface area contributed by atoms with Crippen LogP contribution in [0.5, 0.6) is 5.75 Å². The molecule has 0 heterocycles. The summed E-state index contributed by atoms with van der Waals surface area (Å²) in [6.45, 7) is 0.206. The summed E-state index contributed by atoms with van der Waals surface area (Å²) in [6.07, 6.45) is 0.455. The van der Waals surface area contributed by atoms with Crippen molar-refractivity contribution >= 4 is 29.6 Å². The van der Waals surface area contributed by atoms with Crippen molar-refractivity contribution in [2.75, 3.05) is 18.9 Å². The number of nitrogens with zero attached hydrogens (tertiary/aromatic N) is 1. The topological polar surface area (TPSA) is 98.5 Å². The summed E-state index contributed by atoms with van der Waals surface area (Å²) in [4.78, 5) is 33.9. The number of carbonyl (C=O) groups is 2. The Labute approximate surface area is 148 Å². The lowest BCUT2D eigenvalue weighted by molar-refractivity contribution is -0.384. The fraction of sp³-hybridized carbons (Fsp3) is 0.176. The number of rotatable bonds is 9. The lowest BCUT2D eigenvalue weighted by Crippen LogP contribution is -2.30. The van der Waals surface area contributed by atoms with Gasteiger partial charge in [-0.2, -0.15) is 0 Å². The predicted octanol–water partition coefficient (Wildman–Crippen LogP) is 2.69. The van der Waals surface area contributed by atoms with Crippen molar-refractivity contribution in [1.29, 1.82) is 0 Å². The van der Waals surface area contributed by atoms with Crippen LogP contribution in [0.15, 0.2) is 53.4 Å². The van der Waals surface area contributed by atoms with E-state index in [0.29, 0.717) is 18.6 Å². The largest absolute Gasteiger partial charge is 0.483 e. The number of nitrogens with one attached hydrogen (secondary N) is 1. The zero-order valence-electron chi connectivity index (χ0n) is 13.2. The van der Waals surface area contributed by atoms with Gasteiger partial charge in [-0.05, 0) is 18.2 Å². The van der Waals surface area contributed by atoms with Gasteiger partial charge in [-0.15, -0.1) is 11.8 Å². The van der Waals surface area contributed by atoms with E-state index in [-0.39, 0.29) is 29.5 Å². The molecule has 0 bridgehead atoms. The van der Waals surface area contributed by atoms with E-state index in [9.17, 15) is 19.7 Å². The van der Waals surface area contributed by atoms with Gasteiger partial charge in [0.25, 0.3) is 11.6 Å². The number of carbonyl (C=O) groups excluding carboxylic acids is 2. The maximum absolute atomic E-state index is 11.8. The minimum Gasteiger partial charge on any atom is -0.483 e. The Balaban J connectivity index is 1.76. The van der Waals surface area contributed by atoms with Crippen LogP contribution < -0.4 is 10.1 Å². The minimum absolute atomic E-state index is 0.0293. The van der Waals surface area contributed by atoms with Crippen molar-refractivity contribution in [3.63, 3.8) is 0 Å². The third-order valence-corrected chi connectivity index (χ3v) is 4.14. The van der Waals surface area contributed by atoms with E-state index >= 15 is 0 Å². The summed E-state index contributed by atoms with van der Waals surface area (Å²) in [7, 11) is 0. The normalized spacial score (nSPS) is 10.1. The highest BCUT2D eigenvalue weighted by Gasteiger charge is 2.12. The molecule has 0 atom stereocenters. The molecular formula is C17H16N2O5S. The zero-order valence-corrected chi connectivity index (χ0v) is 14.0. The fourth-order valence-corrected chi connectivity index (χ4v) is 2.73. The summed E-state index contributed by atoms with van der Waals surface area (Å²) >= 11 is 1.62. The molecule has 0 aliphatic rings. The number of hydrogen-bond acceptors (Lipinski definition) is 6. The molecule has 2 aromatic rings. The van der Waals surface area contributed by atoms with Crippen molar-refractivity contribution in [1.82, 2.24) is 5.32 Å². The van der Waals surface area contributed by atoms with Gasteiger partial charge in [0.15, 0.2) is 12.9 Å². The zero-order chi connectivity index (χ0) is 18.1. The summed E-state index contributed by atoms with van der Waals surface area (Å²) < 4.78 is 5.27. The van der Waals surface area contributed by atoms with Gasteiger partial charge in [0.1, 0.15) is 5.75 Å². The lowest BCUT2D eigenvalue weighted by Gasteiger charge is -2.09. The fourth-order valence-electron chi connectivity index (χ4n) is 1.94. The summed E-state index contributed by atoms with van der Waals surface area (Å²) in [5.74, 6) is 0.519. The van der Waals surface area contributed by atoms with Crippen molar-refractivity contribution in [2.45, 2.75) is 4.90 Å². The first-order valence-electron chi connectivity index (χ1n) is 7.41. The molecule has 25 heavy (non-hydrogen) atoms. The van der Waals surface area contributed by atoms with E-state index in [0.717, 1.165) is 11.0 Å². The standard InChI is InChI=1S/C17H16N2O5S/c20-11-13-10-14(19(22)23)6-7-16(13)24-12-17(21)18-8-9-25-15-4-2-1-3-5-15/h1-7,10-11H,8-9,12H2,(H,18,21). The van der Waals surface area contributed by atoms with E-state index in [1.807, 2.05) is 30.3 Å². The molecule has 0 aliphatic carbocycles. The molecule has 0 aliphatic heterocycles. The highest BCUT2D eigenvalue weighted by molar-refractivity contribution is 7.99. The van der Waals surface area contributed by atoms with Gasteiger partial charge >= 0.3 is 0 Å². The molecule has 7 nitrogen and oxygen atoms in total. The molecule has 0 saturated heterocycles. The van der Waals surface area contributed by atoms with Crippen molar-refractivity contribution < 1.29 is 19.2 Å². The van der Waals surface area contributed by atoms with Crippen LogP contribution in [0.2, 0.25) is 0 Å². The van der Waals surface area contributed by atoms with E-state index in [1.165, 1.54) is 12.1 Å². The molecule has 2 aromatic carbocycles. The maximum Gasteiger partial charge on any atom is 0.270 e. The van der Waals surface area contributed by atoms with Gasteiger partial charge in [0, 0.05) is 29.3 Å². The third kappa shape index (κ3) is 5.92. The first kappa shape index (κ1) is 18.5. The lowest BCUT2D eigenvalue weighted by atomic mass is 10.2. The molecular weight excluding hydrogens is 344 g/mol. The highest BCUT2D eigenvalue weighted by atomic mass is 32.2. The predicted molar refractivity (Wildman–Crippen MR) is 94.2 cm³/mol. The van der Waals surface area contributed by atoms with Crippen molar-refractivity contribution in [2.24, 2.45) is 0 Å². The molecule has 0 fully saturated rings. The summed E-state index contributed by atoms with van der Waals surface area (Å²) in [5, 5.41) is 13.4. The molecule has 0 saturated carbocycles. The Morgan fingerprint density at radius 2 is 2.00 bits per heavy atom. The van der Waals surface area contributed by atoms with Crippen LogP contribution in [0.3, 0.4) is 0 Å². The molecule has 1 N–H and O–H groups in total. The number of non-ortho nitro benzene ring substituents is 1. The van der Waals surface area contributed by atoms with E-state index in [4.69, 9.17) is 4.74 Å². The molecule has 0 unspecified atom stereocenters. The number of benzene rings is 2. The number of nitro benzene ring substituents is 1. The smallest absolute Gasteiger partial charge is 0.270 e. The molecule has 1 amide bonds. The molecule has 2 rings (SSSR count). The van der Waals surface area contributed by atoms with Crippen LogP contribution in [0.4, 0.5) is 5.69 Å². The molecule has 0 radical (unpaired) electrons. The number of aldehydes is 1. The number of ether oxygens (including phenoxy) is 1. The van der Waals surface area contributed by atoms with Crippen LogP contribution in [0.1, 0.15) is 10.4 Å². The maximum atomic E-state index is 11.8. The van der Waals surface area contributed by atoms with Crippen molar-refractivity contribution in [3.05, 3.63) is 64.2 Å². The number of thioether (sulfide) groups is 1. The van der Waals surface area contributed by atoms with Gasteiger partial charge in [-0.1, -0.05) is 18.2 Å². The van der Waals surface area contributed by atoms with Gasteiger partial charge in [0.2, 0.25) is 0 Å². The quantitative estimate of drug-likeness (QED) is 0.243. The highest BCUT2D eigenvalue weighted by Crippen LogP contribution is 2.22. The molecule has 0 spiro atoms. The van der Waals surface area contributed by atoms with Gasteiger partial charge < -0.3 is 10.1 Å². The average Bonchev–Trinajstić information content (AvgIpc) is 2.64. The monoisotopic (exact) mass is 360 g/mol. The minimum atomic E-state index is -0.603. The number of nitro groups is 1. The Bertz CT molecular complexity index is 752. The number of hydrogen-bond donors (Lipinski definition) is 1. The van der Waals surface area contributed by atoms with Gasteiger partial charge in [-0.3, -0.25) is 19.7 Å². The van der Waals surface area contributed by atoms with Crippen LogP contribution >= 0.6 is 11.8 Å². The van der Waals surface area contributed by atoms with Crippen molar-refractivity contribution in [3.8, 4) is 5.75 Å². The molecule has 130 valence electrons.